The number of alkyl halides is 2. The van der Waals surface area contributed by atoms with Gasteiger partial charge in [-0.3, -0.25) is 4.79 Å². The van der Waals surface area contributed by atoms with Crippen molar-refractivity contribution >= 4 is 15.8 Å². The second-order valence-electron chi connectivity index (χ2n) is 8.24. The minimum Gasteiger partial charge on any atom is -0.432 e. The van der Waals surface area contributed by atoms with E-state index in [9.17, 15) is 22.2 Å². The number of hydrogen-bond donors (Lipinski definition) is 1. The molecule has 0 aliphatic rings. The minimum absolute atomic E-state index is 0.0881. The summed E-state index contributed by atoms with van der Waals surface area (Å²) in [7, 11) is 0.314. The van der Waals surface area contributed by atoms with Crippen molar-refractivity contribution in [2.45, 2.75) is 57.6 Å². The van der Waals surface area contributed by atoms with Crippen LogP contribution in [0, 0.1) is 5.82 Å². The van der Waals surface area contributed by atoms with Gasteiger partial charge in [-0.1, -0.05) is 32.9 Å². The smallest absolute Gasteiger partial charge is 0.387 e. The van der Waals surface area contributed by atoms with E-state index in [4.69, 9.17) is 5.14 Å². The van der Waals surface area contributed by atoms with Gasteiger partial charge in [-0.2, -0.15) is 8.78 Å². The van der Waals surface area contributed by atoms with E-state index < -0.39 is 39.9 Å². The van der Waals surface area contributed by atoms with Gasteiger partial charge in [0.15, 0.2) is 11.6 Å². The van der Waals surface area contributed by atoms with E-state index in [2.05, 4.69) is 9.10 Å². The van der Waals surface area contributed by atoms with E-state index >= 15 is 0 Å². The molecule has 0 heterocycles. The molecule has 6 nitrogen and oxygen atoms in total. The van der Waals surface area contributed by atoms with Gasteiger partial charge < -0.3 is 9.64 Å². The van der Waals surface area contributed by atoms with Gasteiger partial charge in [0.05, 0.1) is 11.3 Å². The van der Waals surface area contributed by atoms with Crippen molar-refractivity contribution in [3.8, 4) is 5.75 Å². The zero-order chi connectivity index (χ0) is 24.9. The minimum atomic E-state index is -3.52. The summed E-state index contributed by atoms with van der Waals surface area (Å²) in [6.07, 6.45) is -0.0248. The average Bonchev–Trinajstić information content (AvgIpc) is 2.69. The van der Waals surface area contributed by atoms with Crippen LogP contribution in [-0.2, 0) is 34.1 Å². The summed E-state index contributed by atoms with van der Waals surface area (Å²) in [5.74, 6) is -2.74. The normalized spacial score (nSPS) is 13.5. The molecule has 1 unspecified atom stereocenters. The first-order valence-corrected chi connectivity index (χ1v) is 12.0. The van der Waals surface area contributed by atoms with Crippen LogP contribution in [0.2, 0.25) is 0 Å². The molecule has 0 fully saturated rings. The number of nitrogens with two attached hydrogens (primary N) is 1. The topological polar surface area (TPSA) is 85.0 Å². The fourth-order valence-corrected chi connectivity index (χ4v) is 4.60. The monoisotopic (exact) mass is 485 g/mol. The van der Waals surface area contributed by atoms with E-state index in [0.717, 1.165) is 5.56 Å². The van der Waals surface area contributed by atoms with Gasteiger partial charge in [0.2, 0.25) is 0 Å². The van der Waals surface area contributed by atoms with Crippen LogP contribution < -0.4 is 9.88 Å². The summed E-state index contributed by atoms with van der Waals surface area (Å²) >= 11 is 0. The predicted molar refractivity (Wildman–Crippen MR) is 122 cm³/mol. The highest BCUT2D eigenvalue weighted by Crippen LogP contribution is 2.34. The van der Waals surface area contributed by atoms with E-state index in [0.29, 0.717) is 24.1 Å². The summed E-state index contributed by atoms with van der Waals surface area (Å²) in [6, 6.07) is 7.80. The molecule has 0 spiro atoms. The van der Waals surface area contributed by atoms with Crippen molar-refractivity contribution < 1.29 is 26.9 Å². The van der Waals surface area contributed by atoms with Crippen molar-refractivity contribution in [2.75, 3.05) is 14.1 Å². The molecule has 2 aromatic rings. The highest BCUT2D eigenvalue weighted by Gasteiger charge is 2.24. The molecular weight excluding hydrogens is 455 g/mol. The number of halogens is 3. The van der Waals surface area contributed by atoms with E-state index in [-0.39, 0.29) is 16.9 Å². The maximum absolute atomic E-state index is 15.0. The van der Waals surface area contributed by atoms with Gasteiger partial charge in [-0.05, 0) is 66.9 Å². The van der Waals surface area contributed by atoms with E-state index in [1.165, 1.54) is 6.07 Å². The molecule has 2 aromatic carbocycles. The highest BCUT2D eigenvalue weighted by atomic mass is 32.2. The molecule has 182 valence electrons. The first-order chi connectivity index (χ1) is 15.4. The third-order valence-corrected chi connectivity index (χ3v) is 6.39. The van der Waals surface area contributed by atoms with E-state index in [1.54, 1.807) is 45.0 Å². The third-order valence-electron chi connectivity index (χ3n) is 4.97. The molecule has 10 heteroatoms. The summed E-state index contributed by atoms with van der Waals surface area (Å²) in [4.78, 5) is 14.9. The van der Waals surface area contributed by atoms with Gasteiger partial charge in [-0.15, -0.1) is 4.36 Å². The Morgan fingerprint density at radius 2 is 1.82 bits per heavy atom. The molecule has 0 aliphatic heterocycles. The maximum Gasteiger partial charge on any atom is 0.387 e. The number of hydrogen-bond acceptors (Lipinski definition) is 4. The van der Waals surface area contributed by atoms with Crippen LogP contribution in [0.4, 0.5) is 13.2 Å². The quantitative estimate of drug-likeness (QED) is 0.561. The summed E-state index contributed by atoms with van der Waals surface area (Å²) < 4.78 is 61.4. The van der Waals surface area contributed by atoms with E-state index in [1.807, 2.05) is 19.0 Å². The second-order valence-corrected chi connectivity index (χ2v) is 10.0. The number of ether oxygens (including phenoxy) is 1. The maximum atomic E-state index is 15.0. The van der Waals surface area contributed by atoms with Crippen LogP contribution in [0.5, 0.6) is 5.75 Å². The molecule has 1 atom stereocenters. The summed E-state index contributed by atoms with van der Waals surface area (Å²) in [5.41, 5.74) is 1.85. The van der Waals surface area contributed by atoms with Crippen LogP contribution in [0.1, 0.15) is 48.9 Å². The Hall–Kier alpha value is -2.43. The van der Waals surface area contributed by atoms with Crippen molar-refractivity contribution in [3.05, 3.63) is 58.4 Å². The molecule has 0 saturated carbocycles. The number of carbonyl (C=O) groups is 1. The average molecular weight is 486 g/mol. The molecule has 0 saturated heterocycles. The number of aryl methyl sites for hydroxylation is 1. The van der Waals surface area contributed by atoms with Crippen LogP contribution in [0.3, 0.4) is 0 Å². The van der Waals surface area contributed by atoms with Crippen LogP contribution in [0.15, 0.2) is 39.6 Å². The van der Waals surface area contributed by atoms with Crippen LogP contribution in [0.25, 0.3) is 0 Å². The summed E-state index contributed by atoms with van der Waals surface area (Å²) in [5, 5.41) is 5.87. The van der Waals surface area contributed by atoms with Gasteiger partial charge in [0.1, 0.15) is 9.92 Å². The zero-order valence-electron chi connectivity index (χ0n) is 19.4. The lowest BCUT2D eigenvalue weighted by Crippen LogP contribution is -2.18. The molecule has 1 amide bonds. The predicted octanol–water partition coefficient (Wildman–Crippen LogP) is 4.64. The molecular formula is C23H30F3N3O3S. The number of benzene rings is 2. The first-order valence-electron chi connectivity index (χ1n) is 10.5. The van der Waals surface area contributed by atoms with Crippen molar-refractivity contribution in [3.63, 3.8) is 0 Å². The molecule has 0 radical (unpaired) electrons. The Balaban J connectivity index is 2.43. The highest BCUT2D eigenvalue weighted by molar-refractivity contribution is 7.91. The van der Waals surface area contributed by atoms with Crippen LogP contribution >= 0.6 is 0 Å². The number of carbonyl (C=O) groups excluding carboxylic acids is 1. The Labute approximate surface area is 193 Å². The molecule has 2 rings (SSSR count). The molecule has 0 bridgehead atoms. The Bertz CT molecular complexity index is 1110. The third kappa shape index (κ3) is 7.02. The fraction of sp³-hybridized carbons (Fsp3) is 0.435. The zero-order valence-corrected chi connectivity index (χ0v) is 20.2. The second kappa shape index (κ2) is 11.1. The van der Waals surface area contributed by atoms with Crippen molar-refractivity contribution in [2.24, 2.45) is 9.50 Å². The van der Waals surface area contributed by atoms with Crippen LogP contribution in [-0.4, -0.2) is 35.7 Å². The lowest BCUT2D eigenvalue weighted by molar-refractivity contribution is -0.117. The largest absolute Gasteiger partial charge is 0.432 e. The molecule has 2 N–H and O–H groups in total. The van der Waals surface area contributed by atoms with Gasteiger partial charge in [0, 0.05) is 6.54 Å². The van der Waals surface area contributed by atoms with Gasteiger partial charge in [-0.25, -0.2) is 13.7 Å². The standard InChI is InChI=1S/C23H30F3N3O3S/c1-6-16-11-19(32-23(25)26)22(24)21(14(2)3)18(16)12-20(30)28-33(27,31)17-9-7-15(8-10-17)13-29(4)5/h7-11,14,23H,6,12-13H2,1-5H3,(H2,27,28,30,31). The van der Waals surface area contributed by atoms with Gasteiger partial charge >= 0.3 is 6.61 Å². The molecule has 33 heavy (non-hydrogen) atoms. The number of amides is 1. The number of nitrogens with zero attached hydrogens (tertiary/aromatic N) is 2. The lowest BCUT2D eigenvalue weighted by atomic mass is 9.89. The fourth-order valence-electron chi connectivity index (χ4n) is 3.60. The molecule has 0 aliphatic carbocycles. The number of rotatable bonds is 9. The van der Waals surface area contributed by atoms with Gasteiger partial charge in [0.25, 0.3) is 5.91 Å². The molecule has 0 aromatic heterocycles. The Kier molecular flexibility index (Phi) is 9.04. The van der Waals surface area contributed by atoms with Crippen molar-refractivity contribution in [1.29, 1.82) is 0 Å². The van der Waals surface area contributed by atoms with Crippen molar-refractivity contribution in [1.82, 2.24) is 4.90 Å². The Morgan fingerprint density at radius 1 is 1.21 bits per heavy atom. The summed E-state index contributed by atoms with van der Waals surface area (Å²) in [6.45, 7) is 2.59. The lowest BCUT2D eigenvalue weighted by Gasteiger charge is -2.20. The first kappa shape index (κ1) is 26.8. The SMILES string of the molecule is CCc1cc(OC(F)F)c(F)c(C(C)C)c1CC(=O)N=S(N)(=O)c1ccc(CN(C)C)cc1. The Morgan fingerprint density at radius 3 is 2.30 bits per heavy atom.